The molecule has 0 unspecified atom stereocenters. The lowest BCUT2D eigenvalue weighted by Gasteiger charge is -2.35. The van der Waals surface area contributed by atoms with Crippen molar-refractivity contribution in [2.75, 3.05) is 6.54 Å². The number of hydrogen-bond donors (Lipinski definition) is 5. The first kappa shape index (κ1) is 20.2. The van der Waals surface area contributed by atoms with Crippen molar-refractivity contribution >= 4 is 5.91 Å². The highest BCUT2D eigenvalue weighted by Crippen LogP contribution is 2.34. The van der Waals surface area contributed by atoms with Crippen LogP contribution in [-0.2, 0) is 4.79 Å². The van der Waals surface area contributed by atoms with Gasteiger partial charge in [0.1, 0.15) is 11.3 Å². The van der Waals surface area contributed by atoms with E-state index >= 15 is 0 Å². The van der Waals surface area contributed by atoms with E-state index in [1.165, 1.54) is 11.1 Å². The molecule has 0 aromatic heterocycles. The molecule has 0 fully saturated rings. The summed E-state index contributed by atoms with van der Waals surface area (Å²) >= 11 is 0. The quantitative estimate of drug-likeness (QED) is 0.353. The molecule has 0 aliphatic carbocycles. The summed E-state index contributed by atoms with van der Waals surface area (Å²) in [6.07, 6.45) is 2.24. The molecule has 0 spiro atoms. The standard InChI is InChI=1S/C17H29N3O4/c1-5-10(4)16-15(17(24)19-9-14(22)23)13(21)8-12(20(16)18)11(6-2)7-3/h8,11,14,21-23H,5-7,9,18H2,1-4H3,(H,19,24)/b16-10-. The second-order valence-electron chi connectivity index (χ2n) is 5.89. The normalized spacial score (nSPS) is 17.5. The topological polar surface area (TPSA) is 119 Å². The smallest absolute Gasteiger partial charge is 0.257 e. The molecule has 0 aromatic carbocycles. The molecule has 7 nitrogen and oxygen atoms in total. The zero-order valence-electron chi connectivity index (χ0n) is 14.8. The Morgan fingerprint density at radius 2 is 1.88 bits per heavy atom. The Labute approximate surface area is 143 Å². The second-order valence-corrected chi connectivity index (χ2v) is 5.89. The van der Waals surface area contributed by atoms with Crippen molar-refractivity contribution in [2.24, 2.45) is 11.8 Å². The summed E-state index contributed by atoms with van der Waals surface area (Å²) in [5, 5.41) is 32.1. The summed E-state index contributed by atoms with van der Waals surface area (Å²) in [4.78, 5) is 12.4. The van der Waals surface area contributed by atoms with E-state index in [1.807, 2.05) is 27.7 Å². The molecular formula is C17H29N3O4. The van der Waals surface area contributed by atoms with Crippen LogP contribution >= 0.6 is 0 Å². The summed E-state index contributed by atoms with van der Waals surface area (Å²) in [5.41, 5.74) is 2.13. The van der Waals surface area contributed by atoms with E-state index in [4.69, 9.17) is 16.1 Å². The number of hydrazine groups is 1. The Bertz CT molecular complexity index is 560. The molecule has 1 heterocycles. The third-order valence-electron chi connectivity index (χ3n) is 4.31. The van der Waals surface area contributed by atoms with E-state index in [-0.39, 0.29) is 23.8 Å². The molecular weight excluding hydrogens is 310 g/mol. The molecule has 1 aliphatic rings. The zero-order valence-corrected chi connectivity index (χ0v) is 14.8. The molecule has 0 aromatic rings. The van der Waals surface area contributed by atoms with E-state index in [9.17, 15) is 9.90 Å². The van der Waals surface area contributed by atoms with Crippen LogP contribution in [0.4, 0.5) is 0 Å². The highest BCUT2D eigenvalue weighted by Gasteiger charge is 2.32. The number of carbonyl (C=O) groups is 1. The average molecular weight is 339 g/mol. The molecule has 1 amide bonds. The number of nitrogens with zero attached hydrogens (tertiary/aromatic N) is 1. The zero-order chi connectivity index (χ0) is 18.4. The predicted octanol–water partition coefficient (Wildman–Crippen LogP) is 1.42. The largest absolute Gasteiger partial charge is 0.507 e. The molecule has 0 atom stereocenters. The van der Waals surface area contributed by atoms with Gasteiger partial charge in [0.15, 0.2) is 6.29 Å². The van der Waals surface area contributed by atoms with Crippen molar-refractivity contribution < 1.29 is 20.1 Å². The van der Waals surface area contributed by atoms with E-state index in [1.54, 1.807) is 0 Å². The highest BCUT2D eigenvalue weighted by molar-refractivity contribution is 5.99. The Morgan fingerprint density at radius 1 is 1.29 bits per heavy atom. The molecule has 0 radical (unpaired) electrons. The number of carbonyl (C=O) groups excluding carboxylic acids is 1. The van der Waals surface area contributed by atoms with Crippen LogP contribution in [0.2, 0.25) is 0 Å². The molecule has 1 rings (SSSR count). The monoisotopic (exact) mass is 339 g/mol. The maximum atomic E-state index is 12.4. The third kappa shape index (κ3) is 4.37. The fourth-order valence-electron chi connectivity index (χ4n) is 2.76. The predicted molar refractivity (Wildman–Crippen MR) is 92.1 cm³/mol. The van der Waals surface area contributed by atoms with Crippen LogP contribution in [0.25, 0.3) is 0 Å². The molecule has 136 valence electrons. The van der Waals surface area contributed by atoms with Crippen LogP contribution < -0.4 is 11.2 Å². The van der Waals surface area contributed by atoms with Gasteiger partial charge in [-0.15, -0.1) is 0 Å². The first-order chi connectivity index (χ1) is 11.3. The molecule has 0 saturated heterocycles. The van der Waals surface area contributed by atoms with Gasteiger partial charge >= 0.3 is 0 Å². The number of aliphatic hydroxyl groups is 3. The fourth-order valence-corrected chi connectivity index (χ4v) is 2.76. The van der Waals surface area contributed by atoms with Crippen molar-refractivity contribution in [3.8, 4) is 0 Å². The van der Waals surface area contributed by atoms with E-state index in [2.05, 4.69) is 5.32 Å². The van der Waals surface area contributed by atoms with Gasteiger partial charge in [0.25, 0.3) is 5.91 Å². The molecule has 24 heavy (non-hydrogen) atoms. The molecule has 6 N–H and O–H groups in total. The van der Waals surface area contributed by atoms with Crippen LogP contribution in [0.5, 0.6) is 0 Å². The lowest BCUT2D eigenvalue weighted by molar-refractivity contribution is -0.120. The number of aliphatic hydroxyl groups excluding tert-OH is 2. The van der Waals surface area contributed by atoms with E-state index in [0.717, 1.165) is 24.1 Å². The van der Waals surface area contributed by atoms with Gasteiger partial charge in [-0.1, -0.05) is 20.8 Å². The molecule has 1 aliphatic heterocycles. The van der Waals surface area contributed by atoms with Crippen molar-refractivity contribution in [3.63, 3.8) is 0 Å². The Hall–Kier alpha value is -1.83. The van der Waals surface area contributed by atoms with Gasteiger partial charge in [0, 0.05) is 17.7 Å². The molecule has 0 bridgehead atoms. The lowest BCUT2D eigenvalue weighted by Crippen LogP contribution is -2.42. The van der Waals surface area contributed by atoms with Crippen LogP contribution in [-0.4, -0.2) is 39.1 Å². The number of allylic oxidation sites excluding steroid dienone is 3. The number of nitrogens with two attached hydrogens (primary N) is 1. The van der Waals surface area contributed by atoms with Gasteiger partial charge < -0.3 is 20.6 Å². The summed E-state index contributed by atoms with van der Waals surface area (Å²) in [6, 6.07) is 0. The van der Waals surface area contributed by atoms with Crippen molar-refractivity contribution in [3.05, 3.63) is 34.4 Å². The Morgan fingerprint density at radius 3 is 2.33 bits per heavy atom. The number of rotatable bonds is 7. The highest BCUT2D eigenvalue weighted by atomic mass is 16.5. The first-order valence-corrected chi connectivity index (χ1v) is 8.32. The lowest BCUT2D eigenvalue weighted by atomic mass is 9.92. The minimum Gasteiger partial charge on any atom is -0.507 e. The van der Waals surface area contributed by atoms with Crippen LogP contribution in [0, 0.1) is 5.92 Å². The van der Waals surface area contributed by atoms with Gasteiger partial charge in [-0.05, 0) is 31.8 Å². The maximum Gasteiger partial charge on any atom is 0.257 e. The SMILES string of the molecule is CC/C(C)=C1/C(C(=O)NCC(O)O)=C(O)C=C(C(CC)CC)N1N. The van der Waals surface area contributed by atoms with Crippen molar-refractivity contribution in [1.82, 2.24) is 10.3 Å². The van der Waals surface area contributed by atoms with Gasteiger partial charge in [0.05, 0.1) is 12.2 Å². The maximum absolute atomic E-state index is 12.4. The number of amides is 1. The Balaban J connectivity index is 3.39. The average Bonchev–Trinajstić information content (AvgIpc) is 2.55. The van der Waals surface area contributed by atoms with Crippen LogP contribution in [0.1, 0.15) is 47.0 Å². The number of nitrogens with one attached hydrogen (secondary N) is 1. The van der Waals surface area contributed by atoms with E-state index in [0.29, 0.717) is 12.1 Å². The minimum absolute atomic E-state index is 0.0483. The summed E-state index contributed by atoms with van der Waals surface area (Å²) < 4.78 is 0. The van der Waals surface area contributed by atoms with E-state index < -0.39 is 12.2 Å². The van der Waals surface area contributed by atoms with Gasteiger partial charge in [0.2, 0.25) is 0 Å². The minimum atomic E-state index is -1.66. The van der Waals surface area contributed by atoms with Crippen LogP contribution in [0.15, 0.2) is 34.4 Å². The summed E-state index contributed by atoms with van der Waals surface area (Å²) in [6.45, 7) is 7.55. The molecule has 0 saturated carbocycles. The molecule has 7 heteroatoms. The summed E-state index contributed by atoms with van der Waals surface area (Å²) in [5.74, 6) is 5.69. The van der Waals surface area contributed by atoms with Crippen LogP contribution in [0.3, 0.4) is 0 Å². The van der Waals surface area contributed by atoms with Gasteiger partial charge in [-0.3, -0.25) is 9.80 Å². The summed E-state index contributed by atoms with van der Waals surface area (Å²) in [7, 11) is 0. The first-order valence-electron chi connectivity index (χ1n) is 8.32. The van der Waals surface area contributed by atoms with Crippen molar-refractivity contribution in [2.45, 2.75) is 53.2 Å². The van der Waals surface area contributed by atoms with Crippen molar-refractivity contribution in [1.29, 1.82) is 0 Å². The third-order valence-corrected chi connectivity index (χ3v) is 4.31. The fraction of sp³-hybridized carbons (Fsp3) is 0.588. The Kier molecular flexibility index (Phi) is 7.47. The van der Waals surface area contributed by atoms with Gasteiger partial charge in [-0.25, -0.2) is 5.84 Å². The van der Waals surface area contributed by atoms with Gasteiger partial charge in [-0.2, -0.15) is 0 Å². The number of hydrogen-bond acceptors (Lipinski definition) is 6. The second kappa shape index (κ2) is 8.86.